The molecule has 4 aromatic rings. The van der Waals surface area contributed by atoms with E-state index < -0.39 is 5.95 Å². The number of nitrogens with zero attached hydrogens (tertiary/aromatic N) is 2. The van der Waals surface area contributed by atoms with Crippen LogP contribution >= 0.6 is 0 Å². The van der Waals surface area contributed by atoms with Crippen LogP contribution < -0.4 is 5.32 Å². The summed E-state index contributed by atoms with van der Waals surface area (Å²) in [5.41, 5.74) is 3.47. The Morgan fingerprint density at radius 1 is 1.05 bits per heavy atom. The minimum Gasteiger partial charge on any atom is -0.361 e. The summed E-state index contributed by atoms with van der Waals surface area (Å²) in [6, 6.07) is 11.2. The zero-order chi connectivity index (χ0) is 14.2. The lowest BCUT2D eigenvalue weighted by Gasteiger charge is -2.09. The molecular weight excluding hydrogens is 267 g/mol. The van der Waals surface area contributed by atoms with Gasteiger partial charge < -0.3 is 10.3 Å². The molecular formula is C16H11FN4. The van der Waals surface area contributed by atoms with Crippen LogP contribution in [-0.2, 0) is 0 Å². The predicted molar refractivity (Wildman–Crippen MR) is 81.1 cm³/mol. The minimum absolute atomic E-state index is 0.514. The van der Waals surface area contributed by atoms with Crippen LogP contribution in [0.3, 0.4) is 0 Å². The zero-order valence-electron chi connectivity index (χ0n) is 11.0. The lowest BCUT2D eigenvalue weighted by molar-refractivity contribution is 0.586. The summed E-state index contributed by atoms with van der Waals surface area (Å²) in [7, 11) is 0. The van der Waals surface area contributed by atoms with Crippen LogP contribution in [0, 0.1) is 5.95 Å². The topological polar surface area (TPSA) is 53.6 Å². The van der Waals surface area contributed by atoms with Crippen molar-refractivity contribution in [1.82, 2.24) is 15.0 Å². The van der Waals surface area contributed by atoms with E-state index in [9.17, 15) is 4.39 Å². The standard InChI is InChI=1S/C16H11FN4/c17-16-8-12-14(4-6-19-15(12)9-20-16)21-11-1-2-13-10(7-11)3-5-18-13/h1-9,18H,(H,19,21). The van der Waals surface area contributed by atoms with Gasteiger partial charge in [-0.05, 0) is 30.3 Å². The molecule has 0 spiro atoms. The first-order valence-corrected chi connectivity index (χ1v) is 6.54. The Kier molecular flexibility index (Phi) is 2.57. The number of anilines is 2. The van der Waals surface area contributed by atoms with Crippen molar-refractivity contribution in [3.05, 3.63) is 60.9 Å². The van der Waals surface area contributed by atoms with E-state index in [2.05, 4.69) is 20.3 Å². The monoisotopic (exact) mass is 278 g/mol. The van der Waals surface area contributed by atoms with Gasteiger partial charge in [-0.15, -0.1) is 0 Å². The quantitative estimate of drug-likeness (QED) is 0.545. The summed E-state index contributed by atoms with van der Waals surface area (Å²) in [6.45, 7) is 0. The number of rotatable bonds is 2. The molecule has 0 amide bonds. The molecule has 2 N–H and O–H groups in total. The Balaban J connectivity index is 1.81. The summed E-state index contributed by atoms with van der Waals surface area (Å²) in [4.78, 5) is 11.0. The number of hydrogen-bond donors (Lipinski definition) is 2. The molecule has 0 aliphatic carbocycles. The van der Waals surface area contributed by atoms with E-state index in [4.69, 9.17) is 0 Å². The maximum Gasteiger partial charge on any atom is 0.213 e. The molecule has 0 saturated heterocycles. The van der Waals surface area contributed by atoms with Gasteiger partial charge in [0.05, 0.1) is 11.7 Å². The van der Waals surface area contributed by atoms with Gasteiger partial charge in [0.2, 0.25) is 5.95 Å². The van der Waals surface area contributed by atoms with E-state index in [1.165, 1.54) is 12.3 Å². The van der Waals surface area contributed by atoms with Gasteiger partial charge in [-0.25, -0.2) is 4.98 Å². The highest BCUT2D eigenvalue weighted by atomic mass is 19.1. The van der Waals surface area contributed by atoms with Crippen molar-refractivity contribution < 1.29 is 4.39 Å². The van der Waals surface area contributed by atoms with Crippen LogP contribution in [0.2, 0.25) is 0 Å². The average molecular weight is 278 g/mol. The Hall–Kier alpha value is -2.95. The third-order valence-electron chi connectivity index (χ3n) is 3.43. The first kappa shape index (κ1) is 11.8. The maximum absolute atomic E-state index is 13.4. The van der Waals surface area contributed by atoms with Gasteiger partial charge in [0.15, 0.2) is 0 Å². The summed E-state index contributed by atoms with van der Waals surface area (Å²) in [5, 5.41) is 5.13. The highest BCUT2D eigenvalue weighted by Gasteiger charge is 2.05. The van der Waals surface area contributed by atoms with Gasteiger partial charge in [0.1, 0.15) is 0 Å². The van der Waals surface area contributed by atoms with Crippen LogP contribution in [0.4, 0.5) is 15.8 Å². The molecule has 4 rings (SSSR count). The van der Waals surface area contributed by atoms with E-state index in [0.717, 1.165) is 22.3 Å². The lowest BCUT2D eigenvalue weighted by Crippen LogP contribution is -1.94. The van der Waals surface area contributed by atoms with Crippen molar-refractivity contribution in [2.24, 2.45) is 0 Å². The van der Waals surface area contributed by atoms with E-state index in [1.54, 1.807) is 6.20 Å². The van der Waals surface area contributed by atoms with Gasteiger partial charge >= 0.3 is 0 Å². The van der Waals surface area contributed by atoms with Crippen LogP contribution in [0.25, 0.3) is 21.8 Å². The Morgan fingerprint density at radius 3 is 2.95 bits per heavy atom. The number of halogens is 1. The molecule has 102 valence electrons. The largest absolute Gasteiger partial charge is 0.361 e. The highest BCUT2D eigenvalue weighted by molar-refractivity contribution is 5.93. The second kappa shape index (κ2) is 4.56. The van der Waals surface area contributed by atoms with Crippen LogP contribution in [-0.4, -0.2) is 15.0 Å². The smallest absolute Gasteiger partial charge is 0.213 e. The third-order valence-corrected chi connectivity index (χ3v) is 3.43. The van der Waals surface area contributed by atoms with E-state index in [0.29, 0.717) is 10.9 Å². The number of hydrogen-bond acceptors (Lipinski definition) is 3. The lowest BCUT2D eigenvalue weighted by atomic mass is 10.2. The molecule has 21 heavy (non-hydrogen) atoms. The molecule has 3 heterocycles. The Morgan fingerprint density at radius 2 is 2.00 bits per heavy atom. The van der Waals surface area contributed by atoms with Crippen LogP contribution in [0.15, 0.2) is 55.0 Å². The highest BCUT2D eigenvalue weighted by Crippen LogP contribution is 2.26. The van der Waals surface area contributed by atoms with Crippen molar-refractivity contribution in [3.63, 3.8) is 0 Å². The van der Waals surface area contributed by atoms with E-state index in [-0.39, 0.29) is 0 Å². The molecule has 0 unspecified atom stereocenters. The third kappa shape index (κ3) is 2.08. The predicted octanol–water partition coefficient (Wildman–Crippen LogP) is 3.99. The van der Waals surface area contributed by atoms with Crippen molar-refractivity contribution in [2.75, 3.05) is 5.32 Å². The van der Waals surface area contributed by atoms with Crippen molar-refractivity contribution >= 4 is 33.2 Å². The molecule has 3 aromatic heterocycles. The molecule has 5 heteroatoms. The summed E-state index contributed by atoms with van der Waals surface area (Å²) in [6.07, 6.45) is 5.02. The van der Waals surface area contributed by atoms with Crippen molar-refractivity contribution in [1.29, 1.82) is 0 Å². The number of pyridine rings is 2. The number of aromatic nitrogens is 3. The number of fused-ring (bicyclic) bond motifs is 2. The van der Waals surface area contributed by atoms with E-state index in [1.807, 2.05) is 36.5 Å². The fraction of sp³-hybridized carbons (Fsp3) is 0. The Bertz CT molecular complexity index is 945. The fourth-order valence-corrected chi connectivity index (χ4v) is 2.42. The van der Waals surface area contributed by atoms with Crippen LogP contribution in [0.1, 0.15) is 0 Å². The van der Waals surface area contributed by atoms with Gasteiger partial charge in [-0.2, -0.15) is 4.39 Å². The molecule has 4 nitrogen and oxygen atoms in total. The number of aromatic amines is 1. The molecule has 0 aliphatic heterocycles. The molecule has 0 fully saturated rings. The minimum atomic E-state index is -0.514. The van der Waals surface area contributed by atoms with Gasteiger partial charge in [0, 0.05) is 46.1 Å². The fourth-order valence-electron chi connectivity index (χ4n) is 2.42. The summed E-state index contributed by atoms with van der Waals surface area (Å²) >= 11 is 0. The summed E-state index contributed by atoms with van der Waals surface area (Å²) < 4.78 is 13.4. The van der Waals surface area contributed by atoms with Gasteiger partial charge in [-0.1, -0.05) is 0 Å². The molecule has 1 aromatic carbocycles. The first-order valence-electron chi connectivity index (χ1n) is 6.54. The second-order valence-corrected chi connectivity index (χ2v) is 4.79. The average Bonchev–Trinajstić information content (AvgIpc) is 2.95. The normalized spacial score (nSPS) is 11.1. The molecule has 0 bridgehead atoms. The van der Waals surface area contributed by atoms with Crippen molar-refractivity contribution in [3.8, 4) is 0 Å². The van der Waals surface area contributed by atoms with E-state index >= 15 is 0 Å². The number of nitrogens with one attached hydrogen (secondary N) is 2. The zero-order valence-corrected chi connectivity index (χ0v) is 11.0. The second-order valence-electron chi connectivity index (χ2n) is 4.79. The molecule has 0 aliphatic rings. The van der Waals surface area contributed by atoms with Gasteiger partial charge in [0.25, 0.3) is 0 Å². The first-order chi connectivity index (χ1) is 10.3. The maximum atomic E-state index is 13.4. The number of H-pyrrole nitrogens is 1. The van der Waals surface area contributed by atoms with Gasteiger partial charge in [-0.3, -0.25) is 4.98 Å². The molecule has 0 radical (unpaired) electrons. The number of benzene rings is 1. The molecule has 0 saturated carbocycles. The summed E-state index contributed by atoms with van der Waals surface area (Å²) in [5.74, 6) is -0.514. The molecule has 0 atom stereocenters. The SMILES string of the molecule is Fc1cc2c(Nc3ccc4[nH]ccc4c3)ccnc2cn1. The Labute approximate surface area is 119 Å². The van der Waals surface area contributed by atoms with Crippen LogP contribution in [0.5, 0.6) is 0 Å². The van der Waals surface area contributed by atoms with Crippen molar-refractivity contribution in [2.45, 2.75) is 0 Å².